The molecule has 0 radical (unpaired) electrons. The normalized spacial score (nSPS) is 17.0. The Morgan fingerprint density at radius 2 is 1.97 bits per heavy atom. The van der Waals surface area contributed by atoms with Gasteiger partial charge in [-0.25, -0.2) is 14.8 Å². The van der Waals surface area contributed by atoms with Crippen molar-refractivity contribution < 1.29 is 9.59 Å². The SMILES string of the molecule is O=C1NC(=O)/C(=C\c2cnc3c(NC4CC4)nc(C#Cc4ccccc4)cn23)N1. The Kier molecular flexibility index (Phi) is 3.99. The van der Waals surface area contributed by atoms with Crippen molar-refractivity contribution in [1.29, 1.82) is 0 Å². The van der Waals surface area contributed by atoms with Crippen LogP contribution < -0.4 is 16.0 Å². The molecule has 2 aromatic heterocycles. The van der Waals surface area contributed by atoms with Crippen molar-refractivity contribution in [2.24, 2.45) is 0 Å². The summed E-state index contributed by atoms with van der Waals surface area (Å²) in [6, 6.07) is 9.52. The largest absolute Gasteiger partial charge is 0.364 e. The number of fused-ring (bicyclic) bond motifs is 1. The Hall–Kier alpha value is -4.12. The molecule has 0 unspecified atom stereocenters. The summed E-state index contributed by atoms with van der Waals surface area (Å²) in [5, 5.41) is 8.06. The van der Waals surface area contributed by atoms with Crippen molar-refractivity contribution in [3.8, 4) is 11.8 Å². The number of amides is 3. The molecule has 142 valence electrons. The maximum Gasteiger partial charge on any atom is 0.326 e. The Morgan fingerprint density at radius 3 is 2.69 bits per heavy atom. The number of nitrogens with zero attached hydrogens (tertiary/aromatic N) is 3. The predicted molar refractivity (Wildman–Crippen MR) is 107 cm³/mol. The fourth-order valence-corrected chi connectivity index (χ4v) is 2.98. The van der Waals surface area contributed by atoms with Gasteiger partial charge < -0.3 is 10.6 Å². The summed E-state index contributed by atoms with van der Waals surface area (Å²) in [6.07, 6.45) is 7.18. The minimum Gasteiger partial charge on any atom is -0.364 e. The zero-order valence-corrected chi connectivity index (χ0v) is 15.3. The summed E-state index contributed by atoms with van der Waals surface area (Å²) in [6.45, 7) is 0. The molecule has 3 amide bonds. The van der Waals surface area contributed by atoms with Crippen LogP contribution in [0.25, 0.3) is 11.7 Å². The van der Waals surface area contributed by atoms with Gasteiger partial charge >= 0.3 is 6.03 Å². The van der Waals surface area contributed by atoms with Crippen LogP contribution >= 0.6 is 0 Å². The number of imidazole rings is 1. The van der Waals surface area contributed by atoms with E-state index in [-0.39, 0.29) is 5.70 Å². The molecule has 2 aliphatic rings. The van der Waals surface area contributed by atoms with E-state index in [4.69, 9.17) is 0 Å². The van der Waals surface area contributed by atoms with Crippen LogP contribution in [0, 0.1) is 11.8 Å². The third-order valence-corrected chi connectivity index (χ3v) is 4.56. The molecule has 0 atom stereocenters. The van der Waals surface area contributed by atoms with Crippen LogP contribution in [0.15, 0.2) is 48.4 Å². The highest BCUT2D eigenvalue weighted by molar-refractivity contribution is 6.13. The first-order valence-electron chi connectivity index (χ1n) is 9.21. The number of anilines is 1. The molecule has 5 rings (SSSR count). The quantitative estimate of drug-likeness (QED) is 0.364. The Labute approximate surface area is 166 Å². The van der Waals surface area contributed by atoms with E-state index in [0.29, 0.717) is 28.9 Å². The van der Waals surface area contributed by atoms with E-state index < -0.39 is 11.9 Å². The zero-order chi connectivity index (χ0) is 19.8. The van der Waals surface area contributed by atoms with Crippen molar-refractivity contribution in [3.05, 3.63) is 65.4 Å². The first-order valence-corrected chi connectivity index (χ1v) is 9.21. The number of carbonyl (C=O) groups is 2. The molecule has 8 nitrogen and oxygen atoms in total. The molecule has 1 aliphatic heterocycles. The first kappa shape index (κ1) is 17.0. The molecule has 3 aromatic rings. The lowest BCUT2D eigenvalue weighted by Gasteiger charge is -2.07. The molecule has 0 spiro atoms. The van der Waals surface area contributed by atoms with Crippen LogP contribution in [-0.4, -0.2) is 32.3 Å². The Bertz CT molecular complexity index is 1230. The van der Waals surface area contributed by atoms with Crippen molar-refractivity contribution in [3.63, 3.8) is 0 Å². The average Bonchev–Trinajstić information content (AvgIpc) is 3.36. The van der Waals surface area contributed by atoms with Crippen LogP contribution in [0.5, 0.6) is 0 Å². The number of aromatic nitrogens is 3. The Balaban J connectivity index is 1.59. The second kappa shape index (κ2) is 6.80. The van der Waals surface area contributed by atoms with Crippen LogP contribution in [-0.2, 0) is 4.79 Å². The third kappa shape index (κ3) is 3.53. The summed E-state index contributed by atoms with van der Waals surface area (Å²) in [7, 11) is 0. The molecule has 3 N–H and O–H groups in total. The number of hydrogen-bond donors (Lipinski definition) is 3. The van der Waals surface area contributed by atoms with Gasteiger partial charge in [0.05, 0.1) is 11.9 Å². The van der Waals surface area contributed by atoms with Gasteiger partial charge in [-0.3, -0.25) is 14.5 Å². The molecule has 8 heteroatoms. The molecule has 3 heterocycles. The number of rotatable bonds is 3. The van der Waals surface area contributed by atoms with Crippen LogP contribution in [0.2, 0.25) is 0 Å². The van der Waals surface area contributed by atoms with Crippen LogP contribution in [0.1, 0.15) is 29.8 Å². The van der Waals surface area contributed by atoms with E-state index >= 15 is 0 Å². The van der Waals surface area contributed by atoms with E-state index in [2.05, 4.69) is 37.8 Å². The van der Waals surface area contributed by atoms with Gasteiger partial charge in [0.1, 0.15) is 11.4 Å². The summed E-state index contributed by atoms with van der Waals surface area (Å²) in [4.78, 5) is 32.3. The van der Waals surface area contributed by atoms with Crippen molar-refractivity contribution >= 4 is 29.5 Å². The fourth-order valence-electron chi connectivity index (χ4n) is 2.98. The molecular formula is C21H16N6O2. The number of carbonyl (C=O) groups excluding carboxylic acids is 2. The molecular weight excluding hydrogens is 368 g/mol. The van der Waals surface area contributed by atoms with E-state index in [9.17, 15) is 9.59 Å². The van der Waals surface area contributed by atoms with E-state index in [0.717, 1.165) is 18.4 Å². The van der Waals surface area contributed by atoms with Crippen LogP contribution in [0.4, 0.5) is 10.6 Å². The molecule has 1 saturated carbocycles. The van der Waals surface area contributed by atoms with E-state index in [1.165, 1.54) is 0 Å². The van der Waals surface area contributed by atoms with E-state index in [1.807, 2.05) is 34.7 Å². The Morgan fingerprint density at radius 1 is 1.14 bits per heavy atom. The first-order chi connectivity index (χ1) is 14.2. The summed E-state index contributed by atoms with van der Waals surface area (Å²) in [5.74, 6) is 6.38. The minimum absolute atomic E-state index is 0.169. The maximum absolute atomic E-state index is 11.9. The smallest absolute Gasteiger partial charge is 0.326 e. The molecule has 0 bridgehead atoms. The van der Waals surface area contributed by atoms with Crippen LogP contribution in [0.3, 0.4) is 0 Å². The average molecular weight is 384 g/mol. The van der Waals surface area contributed by atoms with E-state index in [1.54, 1.807) is 18.5 Å². The number of nitrogens with one attached hydrogen (secondary N) is 3. The van der Waals surface area contributed by atoms with Gasteiger partial charge in [-0.05, 0) is 37.0 Å². The third-order valence-electron chi connectivity index (χ3n) is 4.56. The molecule has 29 heavy (non-hydrogen) atoms. The van der Waals surface area contributed by atoms with Crippen molar-refractivity contribution in [1.82, 2.24) is 25.0 Å². The van der Waals surface area contributed by atoms with Gasteiger partial charge in [-0.1, -0.05) is 24.1 Å². The lowest BCUT2D eigenvalue weighted by Crippen LogP contribution is -2.22. The van der Waals surface area contributed by atoms with Gasteiger partial charge in [0.15, 0.2) is 11.5 Å². The monoisotopic (exact) mass is 384 g/mol. The molecule has 1 aliphatic carbocycles. The number of benzene rings is 1. The van der Waals surface area contributed by atoms with Gasteiger partial charge in [0.25, 0.3) is 5.91 Å². The van der Waals surface area contributed by atoms with Gasteiger partial charge in [-0.15, -0.1) is 0 Å². The highest BCUT2D eigenvalue weighted by Crippen LogP contribution is 2.26. The second-order valence-electron chi connectivity index (χ2n) is 6.85. The fraction of sp³-hybridized carbons (Fsp3) is 0.143. The minimum atomic E-state index is -0.540. The zero-order valence-electron chi connectivity index (χ0n) is 15.3. The van der Waals surface area contributed by atoms with Crippen molar-refractivity contribution in [2.45, 2.75) is 18.9 Å². The second-order valence-corrected chi connectivity index (χ2v) is 6.85. The van der Waals surface area contributed by atoms with Crippen molar-refractivity contribution in [2.75, 3.05) is 5.32 Å². The van der Waals surface area contributed by atoms with Gasteiger partial charge in [0.2, 0.25) is 0 Å². The topological polar surface area (TPSA) is 100 Å². The lowest BCUT2D eigenvalue weighted by molar-refractivity contribution is -0.115. The predicted octanol–water partition coefficient (Wildman–Crippen LogP) is 1.88. The summed E-state index contributed by atoms with van der Waals surface area (Å²) >= 11 is 0. The standard InChI is InChI=1S/C21H16N6O2/c28-20-17(25-21(29)26-20)10-16-11-22-19-18(23-14-8-9-14)24-15(12-27(16)19)7-6-13-4-2-1-3-5-13/h1-5,10-12,14H,8-9H2,(H,23,24)(H2,25,26,28,29)/b17-10+. The van der Waals surface area contributed by atoms with Gasteiger partial charge in [0, 0.05) is 17.8 Å². The highest BCUT2D eigenvalue weighted by atomic mass is 16.2. The number of urea groups is 1. The summed E-state index contributed by atoms with van der Waals surface area (Å²) < 4.78 is 1.82. The summed E-state index contributed by atoms with van der Waals surface area (Å²) in [5.41, 5.74) is 2.91. The molecule has 1 saturated heterocycles. The number of imide groups is 1. The molecule has 2 fully saturated rings. The maximum atomic E-state index is 11.9. The van der Waals surface area contributed by atoms with Gasteiger partial charge in [-0.2, -0.15) is 0 Å². The lowest BCUT2D eigenvalue weighted by atomic mass is 10.2. The highest BCUT2D eigenvalue weighted by Gasteiger charge is 2.25. The number of hydrogen-bond acceptors (Lipinski definition) is 5. The molecule has 1 aromatic carbocycles.